The van der Waals surface area contributed by atoms with E-state index in [9.17, 15) is 9.59 Å². The predicted octanol–water partition coefficient (Wildman–Crippen LogP) is 1.79. The Bertz CT molecular complexity index is 412. The molecule has 3 N–H and O–H groups in total. The van der Waals surface area contributed by atoms with Crippen molar-refractivity contribution in [2.75, 3.05) is 13.1 Å². The van der Waals surface area contributed by atoms with Crippen LogP contribution in [0.25, 0.3) is 0 Å². The van der Waals surface area contributed by atoms with Crippen molar-refractivity contribution in [3.05, 3.63) is 0 Å². The van der Waals surface area contributed by atoms with Crippen LogP contribution in [0.2, 0.25) is 0 Å². The van der Waals surface area contributed by atoms with E-state index in [1.165, 1.54) is 6.92 Å². The Morgan fingerprint density at radius 1 is 1.23 bits per heavy atom. The molecule has 0 aromatic heterocycles. The fourth-order valence-corrected chi connectivity index (χ4v) is 2.79. The summed E-state index contributed by atoms with van der Waals surface area (Å²) in [5.74, 6) is 0.310. The first kappa shape index (κ1) is 18.5. The van der Waals surface area contributed by atoms with Gasteiger partial charge in [-0.1, -0.05) is 39.5 Å². The maximum absolute atomic E-state index is 12.8. The van der Waals surface area contributed by atoms with Crippen LogP contribution >= 0.6 is 0 Å². The van der Waals surface area contributed by atoms with Gasteiger partial charge in [-0.05, 0) is 19.3 Å². The first-order valence-corrected chi connectivity index (χ1v) is 8.38. The summed E-state index contributed by atoms with van der Waals surface area (Å²) in [6.45, 7) is 6.77. The molecule has 6 nitrogen and oxygen atoms in total. The Kier molecular flexibility index (Phi) is 7.35. The lowest BCUT2D eigenvalue weighted by Crippen LogP contribution is -2.45. The third-order valence-electron chi connectivity index (χ3n) is 4.07. The third kappa shape index (κ3) is 4.71. The van der Waals surface area contributed by atoms with E-state index in [-0.39, 0.29) is 11.8 Å². The van der Waals surface area contributed by atoms with Crippen molar-refractivity contribution in [3.8, 4) is 0 Å². The summed E-state index contributed by atoms with van der Waals surface area (Å²) in [4.78, 5) is 29.8. The average Bonchev–Trinajstić information content (AvgIpc) is 2.71. The van der Waals surface area contributed by atoms with Gasteiger partial charge in [0.05, 0.1) is 0 Å². The standard InChI is InChI=1S/C16H30N4O2/c1-4-6-9-16(10-7-5-2)14(22)20(15(17)19-16)12-8-11-18-13(3)21/h4-12H2,1-3H3,(H2,17,19)(H,18,21). The zero-order valence-corrected chi connectivity index (χ0v) is 14.2. The van der Waals surface area contributed by atoms with Crippen molar-refractivity contribution in [3.63, 3.8) is 0 Å². The maximum Gasteiger partial charge on any atom is 0.257 e. The third-order valence-corrected chi connectivity index (χ3v) is 4.07. The van der Waals surface area contributed by atoms with Crippen molar-refractivity contribution in [2.45, 2.75) is 71.3 Å². The highest BCUT2D eigenvalue weighted by molar-refractivity contribution is 6.06. The minimum absolute atomic E-state index is 0.0368. The molecular formula is C16H30N4O2. The minimum atomic E-state index is -0.649. The fourth-order valence-electron chi connectivity index (χ4n) is 2.79. The quantitative estimate of drug-likeness (QED) is 0.603. The molecule has 126 valence electrons. The largest absolute Gasteiger partial charge is 0.369 e. The highest BCUT2D eigenvalue weighted by Crippen LogP contribution is 2.32. The highest BCUT2D eigenvalue weighted by atomic mass is 16.2. The van der Waals surface area contributed by atoms with Crippen molar-refractivity contribution < 1.29 is 9.59 Å². The first-order valence-electron chi connectivity index (χ1n) is 8.38. The summed E-state index contributed by atoms with van der Waals surface area (Å²) >= 11 is 0. The molecule has 0 aromatic rings. The number of nitrogens with zero attached hydrogens (tertiary/aromatic N) is 2. The second kappa shape index (κ2) is 8.76. The summed E-state index contributed by atoms with van der Waals surface area (Å²) in [5.41, 5.74) is 5.35. The van der Waals surface area contributed by atoms with Crippen LogP contribution in [-0.2, 0) is 9.59 Å². The number of hydrogen-bond acceptors (Lipinski definition) is 4. The first-order chi connectivity index (χ1) is 10.5. The summed E-state index contributed by atoms with van der Waals surface area (Å²) < 4.78 is 0. The van der Waals surface area contributed by atoms with E-state index in [0.717, 1.165) is 38.5 Å². The molecular weight excluding hydrogens is 280 g/mol. The molecule has 22 heavy (non-hydrogen) atoms. The molecule has 1 aliphatic heterocycles. The van der Waals surface area contributed by atoms with Gasteiger partial charge in [0.1, 0.15) is 5.54 Å². The molecule has 0 saturated heterocycles. The molecule has 0 radical (unpaired) electrons. The number of unbranched alkanes of at least 4 members (excludes halogenated alkanes) is 2. The van der Waals surface area contributed by atoms with Gasteiger partial charge in [0.15, 0.2) is 5.96 Å². The molecule has 6 heteroatoms. The Labute approximate surface area is 133 Å². The van der Waals surface area contributed by atoms with E-state index in [0.29, 0.717) is 25.5 Å². The SMILES string of the molecule is CCCCC1(CCCC)N=C(N)N(CCCNC(C)=O)C1=O. The van der Waals surface area contributed by atoms with Crippen LogP contribution in [0.5, 0.6) is 0 Å². The van der Waals surface area contributed by atoms with Gasteiger partial charge in [-0.2, -0.15) is 0 Å². The molecule has 1 heterocycles. The number of guanidine groups is 1. The summed E-state index contributed by atoms with van der Waals surface area (Å²) in [6, 6.07) is 0. The zero-order chi connectivity index (χ0) is 16.6. The Morgan fingerprint density at radius 2 is 1.82 bits per heavy atom. The Morgan fingerprint density at radius 3 is 2.32 bits per heavy atom. The minimum Gasteiger partial charge on any atom is -0.369 e. The van der Waals surface area contributed by atoms with Crippen molar-refractivity contribution in [1.82, 2.24) is 10.2 Å². The van der Waals surface area contributed by atoms with Crippen LogP contribution < -0.4 is 11.1 Å². The molecule has 0 aliphatic carbocycles. The number of aliphatic imine (C=N–C) groups is 1. The van der Waals surface area contributed by atoms with E-state index in [1.807, 2.05) is 0 Å². The number of rotatable bonds is 10. The van der Waals surface area contributed by atoms with E-state index >= 15 is 0 Å². The van der Waals surface area contributed by atoms with Gasteiger partial charge >= 0.3 is 0 Å². The van der Waals surface area contributed by atoms with Crippen molar-refractivity contribution in [2.24, 2.45) is 10.7 Å². The molecule has 0 aromatic carbocycles. The molecule has 2 amide bonds. The zero-order valence-electron chi connectivity index (χ0n) is 14.2. The normalized spacial score (nSPS) is 16.8. The molecule has 0 spiro atoms. The maximum atomic E-state index is 12.8. The lowest BCUT2D eigenvalue weighted by Gasteiger charge is -2.26. The Balaban J connectivity index is 2.68. The van der Waals surface area contributed by atoms with Crippen molar-refractivity contribution in [1.29, 1.82) is 0 Å². The van der Waals surface area contributed by atoms with Crippen LogP contribution in [0.3, 0.4) is 0 Å². The van der Waals surface area contributed by atoms with Crippen molar-refractivity contribution >= 4 is 17.8 Å². The molecule has 0 atom stereocenters. The molecule has 0 unspecified atom stereocenters. The van der Waals surface area contributed by atoms with Gasteiger partial charge in [0.25, 0.3) is 5.91 Å². The van der Waals surface area contributed by atoms with Crippen LogP contribution in [0.4, 0.5) is 0 Å². The second-order valence-corrected chi connectivity index (χ2v) is 6.00. The average molecular weight is 310 g/mol. The van der Waals surface area contributed by atoms with Crippen LogP contribution in [0.1, 0.15) is 65.7 Å². The monoisotopic (exact) mass is 310 g/mol. The lowest BCUT2D eigenvalue weighted by molar-refractivity contribution is -0.131. The van der Waals surface area contributed by atoms with E-state index < -0.39 is 5.54 Å². The predicted molar refractivity (Wildman–Crippen MR) is 88.4 cm³/mol. The van der Waals surface area contributed by atoms with Gasteiger partial charge in [0.2, 0.25) is 5.91 Å². The summed E-state index contributed by atoms with van der Waals surface area (Å²) in [5, 5.41) is 2.73. The lowest BCUT2D eigenvalue weighted by atomic mass is 9.87. The summed E-state index contributed by atoms with van der Waals surface area (Å²) in [7, 11) is 0. The smallest absolute Gasteiger partial charge is 0.257 e. The Hall–Kier alpha value is -1.59. The topological polar surface area (TPSA) is 87.8 Å². The molecule has 0 bridgehead atoms. The van der Waals surface area contributed by atoms with Gasteiger partial charge in [-0.25, -0.2) is 4.99 Å². The number of amides is 2. The van der Waals surface area contributed by atoms with E-state index in [4.69, 9.17) is 5.73 Å². The molecule has 1 rings (SSSR count). The van der Waals surface area contributed by atoms with Gasteiger partial charge in [-0.15, -0.1) is 0 Å². The second-order valence-electron chi connectivity index (χ2n) is 6.00. The number of carbonyl (C=O) groups excluding carboxylic acids is 2. The van der Waals surface area contributed by atoms with E-state index in [2.05, 4.69) is 24.2 Å². The van der Waals surface area contributed by atoms with Gasteiger partial charge < -0.3 is 11.1 Å². The number of carbonyl (C=O) groups is 2. The van der Waals surface area contributed by atoms with Crippen LogP contribution in [0.15, 0.2) is 4.99 Å². The van der Waals surface area contributed by atoms with E-state index in [1.54, 1.807) is 4.90 Å². The van der Waals surface area contributed by atoms with Crippen LogP contribution in [-0.4, -0.2) is 41.3 Å². The molecule has 0 fully saturated rings. The number of nitrogens with two attached hydrogens (primary N) is 1. The fraction of sp³-hybridized carbons (Fsp3) is 0.812. The molecule has 0 saturated carbocycles. The highest BCUT2D eigenvalue weighted by Gasteiger charge is 2.46. The van der Waals surface area contributed by atoms with Crippen LogP contribution in [0, 0.1) is 0 Å². The number of nitrogens with one attached hydrogen (secondary N) is 1. The molecule has 1 aliphatic rings. The van der Waals surface area contributed by atoms with Gasteiger partial charge in [-0.3, -0.25) is 14.5 Å². The van der Waals surface area contributed by atoms with Gasteiger partial charge in [0, 0.05) is 20.0 Å². The summed E-state index contributed by atoms with van der Waals surface area (Å²) in [6.07, 6.45) is 6.26. The number of hydrogen-bond donors (Lipinski definition) is 2.